The number of thioether (sulfide) groups is 1. The molecule has 1 fully saturated rings. The quantitative estimate of drug-likeness (QED) is 0.515. The van der Waals surface area contributed by atoms with Gasteiger partial charge in [0.2, 0.25) is 0 Å². The Bertz CT molecular complexity index is 946. The SMILES string of the molecule is COc1ccc(NC(=S)N2CCS[C@H]2c2ccc(C#CC(C)(C)O)cc2)cc1Cl. The highest BCUT2D eigenvalue weighted by molar-refractivity contribution is 7.99. The highest BCUT2D eigenvalue weighted by Crippen LogP contribution is 2.38. The van der Waals surface area contributed by atoms with Gasteiger partial charge in [0.1, 0.15) is 16.7 Å². The zero-order valence-corrected chi connectivity index (χ0v) is 18.9. The number of aliphatic hydroxyl groups is 1. The molecule has 1 heterocycles. The minimum atomic E-state index is -1.00. The summed E-state index contributed by atoms with van der Waals surface area (Å²) in [5.74, 6) is 7.46. The third kappa shape index (κ3) is 5.80. The Morgan fingerprint density at radius 1 is 1.31 bits per heavy atom. The maximum atomic E-state index is 9.75. The van der Waals surface area contributed by atoms with E-state index in [1.54, 1.807) is 27.0 Å². The molecule has 1 saturated heterocycles. The molecule has 1 atom stereocenters. The van der Waals surface area contributed by atoms with Crippen LogP contribution in [0.15, 0.2) is 42.5 Å². The zero-order chi connectivity index (χ0) is 21.0. The van der Waals surface area contributed by atoms with Gasteiger partial charge in [0.15, 0.2) is 5.11 Å². The van der Waals surface area contributed by atoms with Crippen LogP contribution in [0.1, 0.15) is 30.3 Å². The topological polar surface area (TPSA) is 44.7 Å². The van der Waals surface area contributed by atoms with Crippen molar-refractivity contribution in [2.24, 2.45) is 0 Å². The van der Waals surface area contributed by atoms with Crippen LogP contribution in [0.5, 0.6) is 5.75 Å². The van der Waals surface area contributed by atoms with Gasteiger partial charge in [0.25, 0.3) is 0 Å². The molecule has 2 aromatic rings. The predicted octanol–water partition coefficient (Wildman–Crippen LogP) is 4.92. The van der Waals surface area contributed by atoms with Crippen LogP contribution in [0, 0.1) is 11.8 Å². The highest BCUT2D eigenvalue weighted by atomic mass is 35.5. The van der Waals surface area contributed by atoms with Crippen molar-refractivity contribution in [1.29, 1.82) is 0 Å². The Labute approximate surface area is 186 Å². The van der Waals surface area contributed by atoms with E-state index in [0.29, 0.717) is 15.9 Å². The van der Waals surface area contributed by atoms with Gasteiger partial charge in [-0.25, -0.2) is 0 Å². The van der Waals surface area contributed by atoms with E-state index in [4.69, 9.17) is 28.6 Å². The Morgan fingerprint density at radius 2 is 2.03 bits per heavy atom. The number of anilines is 1. The summed E-state index contributed by atoms with van der Waals surface area (Å²) in [7, 11) is 1.59. The lowest BCUT2D eigenvalue weighted by atomic mass is 10.1. The molecule has 2 N–H and O–H groups in total. The van der Waals surface area contributed by atoms with Gasteiger partial charge in [-0.05, 0) is 62.0 Å². The molecule has 0 radical (unpaired) electrons. The molecule has 0 bridgehead atoms. The Balaban J connectivity index is 1.71. The van der Waals surface area contributed by atoms with Crippen LogP contribution in [0.4, 0.5) is 5.69 Å². The van der Waals surface area contributed by atoms with Gasteiger partial charge in [-0.15, -0.1) is 11.8 Å². The summed E-state index contributed by atoms with van der Waals surface area (Å²) < 4.78 is 5.20. The third-order valence-corrected chi connectivity index (χ3v) is 6.16. The van der Waals surface area contributed by atoms with E-state index >= 15 is 0 Å². The second kappa shape index (κ2) is 9.27. The molecule has 0 saturated carbocycles. The van der Waals surface area contributed by atoms with Crippen molar-refractivity contribution >= 4 is 46.4 Å². The second-order valence-corrected chi connectivity index (χ2v) is 9.11. The average molecular weight is 447 g/mol. The second-order valence-electron chi connectivity index (χ2n) is 7.13. The molecular weight excluding hydrogens is 424 g/mol. The van der Waals surface area contributed by atoms with E-state index in [0.717, 1.165) is 23.5 Å². The largest absolute Gasteiger partial charge is 0.495 e. The molecule has 3 rings (SSSR count). The normalized spacial score (nSPS) is 16.2. The summed E-state index contributed by atoms with van der Waals surface area (Å²) in [5, 5.41) is 14.4. The van der Waals surface area contributed by atoms with Crippen LogP contribution in [0.25, 0.3) is 0 Å². The first-order valence-electron chi connectivity index (χ1n) is 9.15. The maximum Gasteiger partial charge on any atom is 0.174 e. The number of hydrogen-bond donors (Lipinski definition) is 2. The number of benzene rings is 2. The van der Waals surface area contributed by atoms with Crippen molar-refractivity contribution in [3.63, 3.8) is 0 Å². The monoisotopic (exact) mass is 446 g/mol. The summed E-state index contributed by atoms with van der Waals surface area (Å²) in [4.78, 5) is 2.18. The number of halogens is 1. The number of methoxy groups -OCH3 is 1. The lowest BCUT2D eigenvalue weighted by Crippen LogP contribution is -2.34. The van der Waals surface area contributed by atoms with Gasteiger partial charge in [0.05, 0.1) is 12.1 Å². The van der Waals surface area contributed by atoms with Gasteiger partial charge in [0, 0.05) is 23.5 Å². The van der Waals surface area contributed by atoms with Crippen LogP contribution in [0.3, 0.4) is 0 Å². The van der Waals surface area contributed by atoms with E-state index in [1.807, 2.05) is 36.0 Å². The predicted molar refractivity (Wildman–Crippen MR) is 126 cm³/mol. The third-order valence-electron chi connectivity index (χ3n) is 4.26. The molecule has 7 heteroatoms. The van der Waals surface area contributed by atoms with Crippen LogP contribution < -0.4 is 10.1 Å². The fraction of sp³-hybridized carbons (Fsp3) is 0.318. The molecule has 152 valence electrons. The van der Waals surface area contributed by atoms with Crippen LogP contribution in [-0.2, 0) is 0 Å². The van der Waals surface area contributed by atoms with Crippen molar-refractivity contribution < 1.29 is 9.84 Å². The molecule has 0 spiro atoms. The summed E-state index contributed by atoms with van der Waals surface area (Å²) >= 11 is 13.7. The lowest BCUT2D eigenvalue weighted by Gasteiger charge is -2.27. The minimum absolute atomic E-state index is 0.139. The maximum absolute atomic E-state index is 9.75. The summed E-state index contributed by atoms with van der Waals surface area (Å²) in [6.07, 6.45) is 0. The van der Waals surface area contributed by atoms with E-state index in [9.17, 15) is 5.11 Å². The lowest BCUT2D eigenvalue weighted by molar-refractivity contribution is 0.143. The van der Waals surface area contributed by atoms with Gasteiger partial charge < -0.3 is 20.1 Å². The van der Waals surface area contributed by atoms with Crippen molar-refractivity contribution in [2.75, 3.05) is 24.7 Å². The molecule has 2 aromatic carbocycles. The molecule has 1 aliphatic rings. The smallest absolute Gasteiger partial charge is 0.174 e. The van der Waals surface area contributed by atoms with E-state index in [-0.39, 0.29) is 5.37 Å². The number of rotatable bonds is 3. The molecule has 0 aliphatic carbocycles. The van der Waals surface area contributed by atoms with Crippen LogP contribution >= 0.6 is 35.6 Å². The number of hydrogen-bond acceptors (Lipinski definition) is 4. The highest BCUT2D eigenvalue weighted by Gasteiger charge is 2.28. The molecule has 0 amide bonds. The Hall–Kier alpha value is -1.91. The zero-order valence-electron chi connectivity index (χ0n) is 16.5. The fourth-order valence-electron chi connectivity index (χ4n) is 2.85. The molecule has 4 nitrogen and oxygen atoms in total. The first kappa shape index (κ1) is 21.8. The standard InChI is InChI=1S/C22H23ClN2O2S2/c1-22(2,26)11-10-15-4-6-16(7-5-15)20-25(12-13-29-20)21(28)24-17-8-9-19(27-3)18(23)14-17/h4-9,14,20,26H,12-13H2,1-3H3,(H,24,28)/t20-/m0/s1. The van der Waals surface area contributed by atoms with Crippen LogP contribution in [-0.4, -0.2) is 40.1 Å². The molecular formula is C22H23ClN2O2S2. The van der Waals surface area contributed by atoms with Crippen molar-refractivity contribution in [3.05, 3.63) is 58.6 Å². The van der Waals surface area contributed by atoms with Crippen LogP contribution in [0.2, 0.25) is 5.02 Å². The van der Waals surface area contributed by atoms with E-state index in [2.05, 4.69) is 34.2 Å². The first-order chi connectivity index (χ1) is 13.8. The van der Waals surface area contributed by atoms with Crippen molar-refractivity contribution in [1.82, 2.24) is 4.90 Å². The Morgan fingerprint density at radius 3 is 2.66 bits per heavy atom. The van der Waals surface area contributed by atoms with Gasteiger partial charge >= 0.3 is 0 Å². The molecule has 29 heavy (non-hydrogen) atoms. The first-order valence-corrected chi connectivity index (χ1v) is 11.0. The molecule has 0 aromatic heterocycles. The van der Waals surface area contributed by atoms with Crippen molar-refractivity contribution in [3.8, 4) is 17.6 Å². The summed E-state index contributed by atoms with van der Waals surface area (Å²) in [6.45, 7) is 4.21. The van der Waals surface area contributed by atoms with Gasteiger partial charge in [-0.1, -0.05) is 35.6 Å². The molecule has 0 unspecified atom stereocenters. The van der Waals surface area contributed by atoms with Gasteiger partial charge in [-0.3, -0.25) is 0 Å². The molecule has 1 aliphatic heterocycles. The van der Waals surface area contributed by atoms with E-state index < -0.39 is 5.60 Å². The average Bonchev–Trinajstić information content (AvgIpc) is 3.16. The van der Waals surface area contributed by atoms with E-state index in [1.165, 1.54) is 5.56 Å². The summed E-state index contributed by atoms with van der Waals surface area (Å²) in [5.41, 5.74) is 1.87. The Kier molecular flexibility index (Phi) is 6.97. The minimum Gasteiger partial charge on any atom is -0.495 e. The number of nitrogens with one attached hydrogen (secondary N) is 1. The fourth-order valence-corrected chi connectivity index (χ4v) is 4.75. The van der Waals surface area contributed by atoms with Crippen molar-refractivity contribution in [2.45, 2.75) is 24.8 Å². The number of thiocarbonyl (C=S) groups is 1. The number of nitrogens with zero attached hydrogens (tertiary/aromatic N) is 1. The summed E-state index contributed by atoms with van der Waals surface area (Å²) in [6, 6.07) is 13.6. The number of ether oxygens (including phenoxy) is 1. The van der Waals surface area contributed by atoms with Gasteiger partial charge in [-0.2, -0.15) is 0 Å².